The third-order valence-electron chi connectivity index (χ3n) is 3.10. The number of benzene rings is 2. The zero-order valence-corrected chi connectivity index (χ0v) is 13.8. The first kappa shape index (κ1) is 19.3. The summed E-state index contributed by atoms with van der Waals surface area (Å²) >= 11 is 0. The number of carbonyl (C=O) groups is 2. The Hall–Kier alpha value is -3.02. The molecule has 2 aromatic carbocycles. The standard InChI is InChI=1S/C14H11F3N2O6S/c1-24-12(20)8-3-2-7-6-11(25-26(22,23)14(15,16)17)10(19-13(18)21)5-9(7)4-8/h2-6H,1H3,(H3,18,19,21). The minimum atomic E-state index is -5.97. The lowest BCUT2D eigenvalue weighted by atomic mass is 10.1. The van der Waals surface area contributed by atoms with Gasteiger partial charge in [0.2, 0.25) is 0 Å². The molecule has 0 aromatic heterocycles. The maximum Gasteiger partial charge on any atom is 0.534 e. The van der Waals surface area contributed by atoms with Gasteiger partial charge in [-0.2, -0.15) is 21.6 Å². The van der Waals surface area contributed by atoms with Crippen LogP contribution in [-0.2, 0) is 14.9 Å². The lowest BCUT2D eigenvalue weighted by Crippen LogP contribution is -2.28. The molecule has 0 aliphatic rings. The largest absolute Gasteiger partial charge is 0.534 e. The topological polar surface area (TPSA) is 125 Å². The van der Waals surface area contributed by atoms with Crippen LogP contribution in [0.5, 0.6) is 5.75 Å². The van der Waals surface area contributed by atoms with Gasteiger partial charge in [-0.05, 0) is 35.0 Å². The van der Waals surface area contributed by atoms with Crippen molar-refractivity contribution in [1.82, 2.24) is 0 Å². The molecule has 0 bridgehead atoms. The number of primary amides is 1. The molecule has 0 aliphatic heterocycles. The molecule has 0 heterocycles. The number of halogens is 3. The number of hydrogen-bond acceptors (Lipinski definition) is 6. The Balaban J connectivity index is 2.61. The van der Waals surface area contributed by atoms with Crippen molar-refractivity contribution in [2.45, 2.75) is 5.51 Å². The first-order valence-electron chi connectivity index (χ1n) is 6.68. The first-order valence-corrected chi connectivity index (χ1v) is 8.09. The number of nitrogens with one attached hydrogen (secondary N) is 1. The third-order valence-corrected chi connectivity index (χ3v) is 4.07. The molecule has 0 fully saturated rings. The van der Waals surface area contributed by atoms with Crippen molar-refractivity contribution in [3.8, 4) is 5.75 Å². The molecule has 2 amide bonds. The van der Waals surface area contributed by atoms with E-state index in [2.05, 4.69) is 8.92 Å². The Morgan fingerprint density at radius 3 is 2.31 bits per heavy atom. The van der Waals surface area contributed by atoms with E-state index < -0.39 is 39.1 Å². The smallest absolute Gasteiger partial charge is 0.465 e. The second-order valence-corrected chi connectivity index (χ2v) is 6.41. The highest BCUT2D eigenvalue weighted by molar-refractivity contribution is 7.88. The minimum absolute atomic E-state index is 0.126. The predicted molar refractivity (Wildman–Crippen MR) is 84.1 cm³/mol. The Bertz CT molecular complexity index is 988. The van der Waals surface area contributed by atoms with Crippen LogP contribution in [0.3, 0.4) is 0 Å². The molecule has 8 nitrogen and oxygen atoms in total. The summed E-state index contributed by atoms with van der Waals surface area (Å²) in [6, 6.07) is 4.87. The van der Waals surface area contributed by atoms with Crippen LogP contribution in [0.25, 0.3) is 10.8 Å². The quantitative estimate of drug-likeness (QED) is 0.467. The van der Waals surface area contributed by atoms with Crippen molar-refractivity contribution in [3.05, 3.63) is 35.9 Å². The molecule has 0 saturated heterocycles. The maximum absolute atomic E-state index is 12.5. The molecule has 0 unspecified atom stereocenters. The van der Waals surface area contributed by atoms with Gasteiger partial charge < -0.3 is 20.0 Å². The number of anilines is 1. The van der Waals surface area contributed by atoms with Crippen LogP contribution in [0.1, 0.15) is 10.4 Å². The number of rotatable bonds is 4. The average molecular weight is 392 g/mol. The summed E-state index contributed by atoms with van der Waals surface area (Å²) in [4.78, 5) is 22.6. The van der Waals surface area contributed by atoms with E-state index in [4.69, 9.17) is 5.73 Å². The van der Waals surface area contributed by atoms with Gasteiger partial charge in [-0.1, -0.05) is 6.07 Å². The zero-order valence-electron chi connectivity index (χ0n) is 13.0. The fraction of sp³-hybridized carbons (Fsp3) is 0.143. The van der Waals surface area contributed by atoms with E-state index in [9.17, 15) is 31.2 Å². The molecular formula is C14H11F3N2O6S. The number of alkyl halides is 3. The molecule has 0 aliphatic carbocycles. The molecule has 0 radical (unpaired) electrons. The lowest BCUT2D eigenvalue weighted by molar-refractivity contribution is -0.0499. The van der Waals surface area contributed by atoms with Gasteiger partial charge in [0.05, 0.1) is 18.4 Å². The van der Waals surface area contributed by atoms with E-state index in [1.807, 2.05) is 5.32 Å². The van der Waals surface area contributed by atoms with Crippen LogP contribution < -0.4 is 15.2 Å². The summed E-state index contributed by atoms with van der Waals surface area (Å²) in [5.41, 5.74) is -1.03. The fourth-order valence-electron chi connectivity index (χ4n) is 1.99. The summed E-state index contributed by atoms with van der Waals surface area (Å²) in [5.74, 6) is -1.46. The van der Waals surface area contributed by atoms with Crippen molar-refractivity contribution in [2.24, 2.45) is 5.73 Å². The summed E-state index contributed by atoms with van der Waals surface area (Å²) in [6.45, 7) is 0. The van der Waals surface area contributed by atoms with Gasteiger partial charge in [-0.3, -0.25) is 0 Å². The van der Waals surface area contributed by atoms with E-state index in [0.717, 1.165) is 19.2 Å². The van der Waals surface area contributed by atoms with Crippen molar-refractivity contribution < 1.29 is 40.1 Å². The summed E-state index contributed by atoms with van der Waals surface area (Å²) in [7, 11) is -4.81. The van der Waals surface area contributed by atoms with Crippen LogP contribution in [0.15, 0.2) is 30.3 Å². The zero-order chi connectivity index (χ0) is 19.7. The van der Waals surface area contributed by atoms with Crippen LogP contribution in [0.4, 0.5) is 23.7 Å². The van der Waals surface area contributed by atoms with Crippen LogP contribution in [-0.4, -0.2) is 33.0 Å². The van der Waals surface area contributed by atoms with E-state index >= 15 is 0 Å². The Morgan fingerprint density at radius 1 is 1.12 bits per heavy atom. The van der Waals surface area contributed by atoms with Gasteiger partial charge in [0.1, 0.15) is 0 Å². The molecule has 26 heavy (non-hydrogen) atoms. The molecule has 0 spiro atoms. The molecule has 0 saturated carbocycles. The van der Waals surface area contributed by atoms with Crippen LogP contribution >= 0.6 is 0 Å². The van der Waals surface area contributed by atoms with E-state index in [1.54, 1.807) is 0 Å². The number of carbonyl (C=O) groups excluding carboxylic acids is 2. The molecule has 2 rings (SSSR count). The maximum atomic E-state index is 12.5. The number of esters is 1. The molecule has 3 N–H and O–H groups in total. The van der Waals surface area contributed by atoms with Gasteiger partial charge in [-0.25, -0.2) is 9.59 Å². The molecule has 2 aromatic rings. The number of methoxy groups -OCH3 is 1. The minimum Gasteiger partial charge on any atom is -0.465 e. The van der Waals surface area contributed by atoms with Crippen molar-refractivity contribution >= 4 is 38.6 Å². The van der Waals surface area contributed by atoms with E-state index in [1.165, 1.54) is 18.2 Å². The second-order valence-electron chi connectivity index (χ2n) is 4.87. The van der Waals surface area contributed by atoms with Crippen molar-refractivity contribution in [1.29, 1.82) is 0 Å². The highest BCUT2D eigenvalue weighted by atomic mass is 32.2. The number of urea groups is 1. The Kier molecular flexibility index (Phi) is 4.98. The second kappa shape index (κ2) is 6.71. The number of fused-ring (bicyclic) bond motifs is 1. The molecule has 0 atom stereocenters. The molecule has 140 valence electrons. The first-order chi connectivity index (χ1) is 11.9. The number of ether oxygens (including phenoxy) is 1. The SMILES string of the molecule is COC(=O)c1ccc2cc(OS(=O)(=O)C(F)(F)F)c(NC(N)=O)cc2c1. The van der Waals surface area contributed by atoms with Gasteiger partial charge >= 0.3 is 27.6 Å². The summed E-state index contributed by atoms with van der Waals surface area (Å²) in [5, 5.41) is 2.49. The predicted octanol–water partition coefficient (Wildman–Crippen LogP) is 2.35. The summed E-state index contributed by atoms with van der Waals surface area (Å²) in [6.07, 6.45) is 0. The van der Waals surface area contributed by atoms with Crippen LogP contribution in [0.2, 0.25) is 0 Å². The van der Waals surface area contributed by atoms with E-state index in [-0.39, 0.29) is 16.3 Å². The number of amides is 2. The Labute approximate surface area is 144 Å². The van der Waals surface area contributed by atoms with Gasteiger partial charge in [0.25, 0.3) is 0 Å². The fourth-order valence-corrected chi connectivity index (χ4v) is 2.46. The lowest BCUT2D eigenvalue weighted by Gasteiger charge is -2.14. The van der Waals surface area contributed by atoms with Crippen LogP contribution in [0, 0.1) is 0 Å². The van der Waals surface area contributed by atoms with Gasteiger partial charge in [-0.15, -0.1) is 0 Å². The average Bonchev–Trinajstić information content (AvgIpc) is 2.52. The van der Waals surface area contributed by atoms with Gasteiger partial charge in [0.15, 0.2) is 5.75 Å². The number of hydrogen-bond donors (Lipinski definition) is 2. The molecular weight excluding hydrogens is 381 g/mol. The van der Waals surface area contributed by atoms with Crippen molar-refractivity contribution in [2.75, 3.05) is 12.4 Å². The highest BCUT2D eigenvalue weighted by Crippen LogP contribution is 2.35. The van der Waals surface area contributed by atoms with Gasteiger partial charge in [0, 0.05) is 0 Å². The molecule has 12 heteroatoms. The van der Waals surface area contributed by atoms with Crippen molar-refractivity contribution in [3.63, 3.8) is 0 Å². The Morgan fingerprint density at radius 2 is 1.77 bits per heavy atom. The highest BCUT2D eigenvalue weighted by Gasteiger charge is 2.48. The van der Waals surface area contributed by atoms with E-state index in [0.29, 0.717) is 0 Å². The number of nitrogens with two attached hydrogens (primary N) is 1. The third kappa shape index (κ3) is 3.96. The normalized spacial score (nSPS) is 11.8. The summed E-state index contributed by atoms with van der Waals surface area (Å²) < 4.78 is 68.7. The monoisotopic (exact) mass is 392 g/mol.